The first-order valence-corrected chi connectivity index (χ1v) is 8.08. The molecule has 1 fully saturated rings. The number of rotatable bonds is 4. The third-order valence-electron chi connectivity index (χ3n) is 4.46. The maximum Gasteiger partial charge on any atom is 0.0645 e. The molecule has 0 spiro atoms. The number of para-hydroxylation sites is 1. The smallest absolute Gasteiger partial charge is 0.0645 e. The number of nitrogens with one attached hydrogen (secondary N) is 1. The first-order valence-electron chi connectivity index (χ1n) is 8.08. The highest BCUT2D eigenvalue weighted by molar-refractivity contribution is 5.54. The Kier molecular flexibility index (Phi) is 4.93. The molecule has 0 unspecified atom stereocenters. The van der Waals surface area contributed by atoms with Crippen molar-refractivity contribution >= 4 is 5.69 Å². The molecule has 1 saturated heterocycles. The van der Waals surface area contributed by atoms with Crippen molar-refractivity contribution in [2.75, 3.05) is 37.7 Å². The van der Waals surface area contributed by atoms with Crippen LogP contribution in [0.2, 0.25) is 0 Å². The summed E-state index contributed by atoms with van der Waals surface area (Å²) in [6, 6.07) is 8.87. The van der Waals surface area contributed by atoms with E-state index in [0.717, 1.165) is 39.1 Å². The Morgan fingerprint density at radius 2 is 2.00 bits per heavy atom. The number of fused-ring (bicyclic) bond motifs is 1. The maximum atomic E-state index is 6.06. The van der Waals surface area contributed by atoms with Crippen LogP contribution in [0, 0.1) is 0 Å². The number of ether oxygens (including phenoxy) is 1. The summed E-state index contributed by atoms with van der Waals surface area (Å²) < 4.78 is 6.06. The van der Waals surface area contributed by atoms with E-state index in [0.29, 0.717) is 6.10 Å². The molecule has 0 bridgehead atoms. The second kappa shape index (κ2) is 7.09. The lowest BCUT2D eigenvalue weighted by atomic mass is 10.1. The highest BCUT2D eigenvalue weighted by Gasteiger charge is 2.16. The van der Waals surface area contributed by atoms with E-state index in [4.69, 9.17) is 4.74 Å². The number of piperidine rings is 1. The number of nitrogens with zero attached hydrogens (tertiary/aromatic N) is 1. The molecule has 1 aromatic carbocycles. The van der Waals surface area contributed by atoms with E-state index < -0.39 is 0 Å². The van der Waals surface area contributed by atoms with E-state index in [1.54, 1.807) is 0 Å². The van der Waals surface area contributed by atoms with Gasteiger partial charge in [0.2, 0.25) is 0 Å². The average Bonchev–Trinajstić information content (AvgIpc) is 2.71. The Labute approximate surface area is 122 Å². The predicted molar refractivity (Wildman–Crippen MR) is 83.4 cm³/mol. The Morgan fingerprint density at radius 1 is 1.15 bits per heavy atom. The van der Waals surface area contributed by atoms with Gasteiger partial charge in [0, 0.05) is 18.8 Å². The highest BCUT2D eigenvalue weighted by Crippen LogP contribution is 2.25. The molecule has 0 saturated carbocycles. The largest absolute Gasteiger partial charge is 0.376 e. The van der Waals surface area contributed by atoms with Crippen LogP contribution in [0.5, 0.6) is 0 Å². The highest BCUT2D eigenvalue weighted by atomic mass is 16.5. The van der Waals surface area contributed by atoms with Crippen LogP contribution in [0.1, 0.15) is 31.2 Å². The lowest BCUT2D eigenvalue weighted by molar-refractivity contribution is 0.0372. The van der Waals surface area contributed by atoms with Crippen molar-refractivity contribution in [1.82, 2.24) is 5.32 Å². The Morgan fingerprint density at radius 3 is 2.90 bits per heavy atom. The monoisotopic (exact) mass is 274 g/mol. The van der Waals surface area contributed by atoms with Crippen molar-refractivity contribution in [2.45, 2.75) is 38.2 Å². The number of benzene rings is 1. The van der Waals surface area contributed by atoms with Gasteiger partial charge in [0.25, 0.3) is 0 Å². The molecule has 20 heavy (non-hydrogen) atoms. The summed E-state index contributed by atoms with van der Waals surface area (Å²) in [5, 5.41) is 3.39. The molecular weight excluding hydrogens is 248 g/mol. The Balaban J connectivity index is 1.54. The molecule has 3 rings (SSSR count). The summed E-state index contributed by atoms with van der Waals surface area (Å²) in [5.74, 6) is 0. The fourth-order valence-electron chi connectivity index (χ4n) is 3.29. The minimum Gasteiger partial charge on any atom is -0.376 e. The fourth-order valence-corrected chi connectivity index (χ4v) is 3.29. The van der Waals surface area contributed by atoms with Gasteiger partial charge in [0.15, 0.2) is 0 Å². The molecule has 2 heterocycles. The third kappa shape index (κ3) is 3.53. The minimum absolute atomic E-state index is 0.471. The molecule has 2 aliphatic heterocycles. The molecule has 2 aliphatic rings. The lowest BCUT2D eigenvalue weighted by Crippen LogP contribution is -2.35. The van der Waals surface area contributed by atoms with Gasteiger partial charge in [-0.2, -0.15) is 0 Å². The first-order chi connectivity index (χ1) is 9.93. The van der Waals surface area contributed by atoms with E-state index in [9.17, 15) is 0 Å². The second-order valence-electron chi connectivity index (χ2n) is 5.89. The Bertz CT molecular complexity index is 415. The van der Waals surface area contributed by atoms with E-state index in [2.05, 4.69) is 34.5 Å². The number of aryl methyl sites for hydroxylation is 1. The van der Waals surface area contributed by atoms with Crippen LogP contribution >= 0.6 is 0 Å². The van der Waals surface area contributed by atoms with Crippen LogP contribution in [-0.4, -0.2) is 38.9 Å². The summed E-state index contributed by atoms with van der Waals surface area (Å²) in [6.45, 7) is 5.28. The SMILES string of the molecule is c1ccc2c(c1)CCCCN2CCOC1CCNCC1. The molecule has 0 aliphatic carbocycles. The first kappa shape index (κ1) is 13.9. The quantitative estimate of drug-likeness (QED) is 0.913. The zero-order valence-electron chi connectivity index (χ0n) is 12.3. The summed E-state index contributed by atoms with van der Waals surface area (Å²) >= 11 is 0. The van der Waals surface area contributed by atoms with Gasteiger partial charge in [-0.15, -0.1) is 0 Å². The van der Waals surface area contributed by atoms with Gasteiger partial charge in [0.1, 0.15) is 0 Å². The molecule has 1 aromatic rings. The summed E-state index contributed by atoms with van der Waals surface area (Å²) in [6.07, 6.45) is 6.62. The van der Waals surface area contributed by atoms with E-state index in [1.165, 1.54) is 37.1 Å². The topological polar surface area (TPSA) is 24.5 Å². The van der Waals surface area contributed by atoms with Crippen molar-refractivity contribution < 1.29 is 4.74 Å². The lowest BCUT2D eigenvalue weighted by Gasteiger charge is -2.27. The van der Waals surface area contributed by atoms with Crippen molar-refractivity contribution in [3.8, 4) is 0 Å². The van der Waals surface area contributed by atoms with Gasteiger partial charge < -0.3 is 15.0 Å². The van der Waals surface area contributed by atoms with Gasteiger partial charge in [-0.05, 0) is 56.8 Å². The van der Waals surface area contributed by atoms with Gasteiger partial charge in [-0.3, -0.25) is 0 Å². The molecule has 0 atom stereocenters. The normalized spacial score (nSPS) is 20.5. The van der Waals surface area contributed by atoms with Gasteiger partial charge >= 0.3 is 0 Å². The van der Waals surface area contributed by atoms with Crippen molar-refractivity contribution in [2.24, 2.45) is 0 Å². The van der Waals surface area contributed by atoms with Crippen LogP contribution in [0.15, 0.2) is 24.3 Å². The molecule has 3 nitrogen and oxygen atoms in total. The average molecular weight is 274 g/mol. The van der Waals surface area contributed by atoms with Crippen LogP contribution in [0.3, 0.4) is 0 Å². The molecule has 1 N–H and O–H groups in total. The molecule has 110 valence electrons. The molecule has 3 heteroatoms. The van der Waals surface area contributed by atoms with Crippen LogP contribution in [0.4, 0.5) is 5.69 Å². The van der Waals surface area contributed by atoms with Crippen LogP contribution in [-0.2, 0) is 11.2 Å². The second-order valence-corrected chi connectivity index (χ2v) is 5.89. The number of hydrogen-bond donors (Lipinski definition) is 1. The van der Waals surface area contributed by atoms with Crippen LogP contribution < -0.4 is 10.2 Å². The molecular formula is C17H26N2O. The molecule has 0 radical (unpaired) electrons. The zero-order valence-corrected chi connectivity index (χ0v) is 12.3. The maximum absolute atomic E-state index is 6.06. The van der Waals surface area contributed by atoms with Crippen LogP contribution in [0.25, 0.3) is 0 Å². The number of anilines is 1. The van der Waals surface area contributed by atoms with E-state index >= 15 is 0 Å². The predicted octanol–water partition coefficient (Wildman–Crippen LogP) is 2.60. The zero-order chi connectivity index (χ0) is 13.6. The third-order valence-corrected chi connectivity index (χ3v) is 4.46. The molecule has 0 amide bonds. The van der Waals surface area contributed by atoms with Gasteiger partial charge in [-0.25, -0.2) is 0 Å². The van der Waals surface area contributed by atoms with Crippen molar-refractivity contribution in [3.05, 3.63) is 29.8 Å². The van der Waals surface area contributed by atoms with Gasteiger partial charge in [-0.1, -0.05) is 18.2 Å². The Hall–Kier alpha value is -1.06. The fraction of sp³-hybridized carbons (Fsp3) is 0.647. The van der Waals surface area contributed by atoms with Gasteiger partial charge in [0.05, 0.1) is 12.7 Å². The minimum atomic E-state index is 0.471. The van der Waals surface area contributed by atoms with E-state index in [1.807, 2.05) is 0 Å². The standard InChI is InChI=1S/C17H26N2O/c1-2-7-17-15(5-1)6-3-4-12-19(17)13-14-20-16-8-10-18-11-9-16/h1-2,5,7,16,18H,3-4,6,8-14H2. The van der Waals surface area contributed by atoms with Crippen molar-refractivity contribution in [1.29, 1.82) is 0 Å². The molecule has 0 aromatic heterocycles. The van der Waals surface area contributed by atoms with E-state index in [-0.39, 0.29) is 0 Å². The van der Waals surface area contributed by atoms with Crippen molar-refractivity contribution in [3.63, 3.8) is 0 Å². The number of hydrogen-bond acceptors (Lipinski definition) is 3. The summed E-state index contributed by atoms with van der Waals surface area (Å²) in [5.41, 5.74) is 2.94. The summed E-state index contributed by atoms with van der Waals surface area (Å²) in [4.78, 5) is 2.52. The summed E-state index contributed by atoms with van der Waals surface area (Å²) in [7, 11) is 0.